The van der Waals surface area contributed by atoms with Crippen molar-refractivity contribution in [3.63, 3.8) is 0 Å². The Labute approximate surface area is 109 Å². The third-order valence-electron chi connectivity index (χ3n) is 3.08. The highest BCUT2D eigenvalue weighted by molar-refractivity contribution is 5.82. The number of carboxylic acids is 1. The highest BCUT2D eigenvalue weighted by atomic mass is 16.7. The van der Waals surface area contributed by atoms with E-state index in [0.717, 1.165) is 16.9 Å². The number of ether oxygens (including phenoxy) is 2. The van der Waals surface area contributed by atoms with E-state index < -0.39 is 5.97 Å². The summed E-state index contributed by atoms with van der Waals surface area (Å²) in [5, 5.41) is 9.04. The summed E-state index contributed by atoms with van der Waals surface area (Å²) in [6.45, 7) is 4.06. The van der Waals surface area contributed by atoms with Gasteiger partial charge in [-0.05, 0) is 0 Å². The lowest BCUT2D eigenvalue weighted by Crippen LogP contribution is -2.12. The number of carboxylic acid groups (broad SMARTS) is 1. The number of hydrogen-bond donors (Lipinski definition) is 1. The van der Waals surface area contributed by atoms with Gasteiger partial charge in [-0.1, -0.05) is 13.8 Å². The van der Waals surface area contributed by atoms with Crippen molar-refractivity contribution in [2.75, 3.05) is 6.79 Å². The van der Waals surface area contributed by atoms with Crippen molar-refractivity contribution in [1.29, 1.82) is 0 Å². The van der Waals surface area contributed by atoms with E-state index >= 15 is 0 Å². The van der Waals surface area contributed by atoms with Crippen LogP contribution in [0.25, 0.3) is 11.0 Å². The van der Waals surface area contributed by atoms with Crippen LogP contribution in [0.3, 0.4) is 0 Å². The molecule has 1 aliphatic heterocycles. The molecule has 0 unspecified atom stereocenters. The second kappa shape index (κ2) is 4.15. The zero-order chi connectivity index (χ0) is 13.6. The Hall–Kier alpha value is -2.24. The maximum Gasteiger partial charge on any atom is 0.323 e. The third-order valence-corrected chi connectivity index (χ3v) is 3.08. The zero-order valence-corrected chi connectivity index (χ0v) is 10.7. The summed E-state index contributed by atoms with van der Waals surface area (Å²) >= 11 is 0. The van der Waals surface area contributed by atoms with E-state index in [1.54, 1.807) is 16.7 Å². The van der Waals surface area contributed by atoms with E-state index in [9.17, 15) is 4.79 Å². The molecule has 1 aliphatic rings. The van der Waals surface area contributed by atoms with Crippen LogP contribution in [0, 0.1) is 0 Å². The second-order valence-corrected chi connectivity index (χ2v) is 4.80. The second-order valence-electron chi connectivity index (χ2n) is 4.80. The minimum absolute atomic E-state index is 0.107. The normalized spacial score (nSPS) is 13.4. The lowest BCUT2D eigenvalue weighted by Gasteiger charge is -2.08. The summed E-state index contributed by atoms with van der Waals surface area (Å²) in [4.78, 5) is 15.5. The molecule has 0 saturated carbocycles. The van der Waals surface area contributed by atoms with Gasteiger partial charge in [0.05, 0.1) is 11.0 Å². The fourth-order valence-corrected chi connectivity index (χ4v) is 2.28. The Morgan fingerprint density at radius 2 is 2.11 bits per heavy atom. The van der Waals surface area contributed by atoms with E-state index in [0.29, 0.717) is 11.5 Å². The fraction of sp³-hybridized carbons (Fsp3) is 0.385. The highest BCUT2D eigenvalue weighted by Gasteiger charge is 2.21. The first-order valence-electron chi connectivity index (χ1n) is 6.08. The summed E-state index contributed by atoms with van der Waals surface area (Å²) < 4.78 is 12.3. The fourth-order valence-electron chi connectivity index (χ4n) is 2.28. The van der Waals surface area contributed by atoms with E-state index in [4.69, 9.17) is 14.6 Å². The molecule has 3 rings (SSSR count). The maximum atomic E-state index is 11.0. The van der Waals surface area contributed by atoms with Crippen molar-refractivity contribution < 1.29 is 19.4 Å². The standard InChI is InChI=1S/C13H14N2O4/c1-7(2)13-14-8-3-10-11(19-6-18-10)4-9(8)15(13)5-12(16)17/h3-4,7H,5-6H2,1-2H3,(H,16,17). The molecule has 2 aromatic rings. The smallest absolute Gasteiger partial charge is 0.323 e. The van der Waals surface area contributed by atoms with Crippen molar-refractivity contribution >= 4 is 17.0 Å². The zero-order valence-electron chi connectivity index (χ0n) is 10.7. The molecule has 1 aromatic heterocycles. The number of rotatable bonds is 3. The first kappa shape index (κ1) is 11.8. The number of imidazole rings is 1. The summed E-state index contributed by atoms with van der Waals surface area (Å²) in [5.74, 6) is 1.29. The van der Waals surface area contributed by atoms with Crippen LogP contribution in [-0.2, 0) is 11.3 Å². The van der Waals surface area contributed by atoms with Gasteiger partial charge in [0.1, 0.15) is 12.4 Å². The first-order chi connectivity index (χ1) is 9.06. The number of nitrogens with zero attached hydrogens (tertiary/aromatic N) is 2. The van der Waals surface area contributed by atoms with E-state index in [1.807, 2.05) is 13.8 Å². The average Bonchev–Trinajstić information content (AvgIpc) is 2.90. The van der Waals surface area contributed by atoms with E-state index in [1.165, 1.54) is 0 Å². The quantitative estimate of drug-likeness (QED) is 0.915. The minimum atomic E-state index is -0.890. The van der Waals surface area contributed by atoms with Crippen molar-refractivity contribution in [3.05, 3.63) is 18.0 Å². The maximum absolute atomic E-state index is 11.0. The molecule has 0 radical (unpaired) electrons. The topological polar surface area (TPSA) is 73.6 Å². The molecule has 0 saturated heterocycles. The van der Waals surface area contributed by atoms with Gasteiger partial charge in [0, 0.05) is 18.1 Å². The average molecular weight is 262 g/mol. The van der Waals surface area contributed by atoms with Gasteiger partial charge in [-0.3, -0.25) is 4.79 Å². The predicted octanol–water partition coefficient (Wildman–Crippen LogP) is 1.97. The van der Waals surface area contributed by atoms with Crippen molar-refractivity contribution in [2.45, 2.75) is 26.3 Å². The molecule has 0 fully saturated rings. The van der Waals surface area contributed by atoms with Crippen LogP contribution >= 0.6 is 0 Å². The molecule has 0 atom stereocenters. The van der Waals surface area contributed by atoms with Crippen LogP contribution in [-0.4, -0.2) is 27.4 Å². The van der Waals surface area contributed by atoms with Crippen molar-refractivity contribution in [3.8, 4) is 11.5 Å². The molecule has 6 nitrogen and oxygen atoms in total. The summed E-state index contributed by atoms with van der Waals surface area (Å²) in [6.07, 6.45) is 0. The van der Waals surface area contributed by atoms with Gasteiger partial charge in [0.25, 0.3) is 0 Å². The van der Waals surface area contributed by atoms with Gasteiger partial charge in [0.2, 0.25) is 6.79 Å². The molecule has 0 bridgehead atoms. The Morgan fingerprint density at radius 1 is 1.42 bits per heavy atom. The number of carbonyl (C=O) groups is 1. The Balaban J connectivity index is 2.23. The molecule has 0 spiro atoms. The predicted molar refractivity (Wildman–Crippen MR) is 67.6 cm³/mol. The molecular formula is C13H14N2O4. The van der Waals surface area contributed by atoms with Crippen LogP contribution in [0.2, 0.25) is 0 Å². The molecular weight excluding hydrogens is 248 g/mol. The molecule has 100 valence electrons. The number of aromatic nitrogens is 2. The van der Waals surface area contributed by atoms with Crippen molar-refractivity contribution in [2.24, 2.45) is 0 Å². The van der Waals surface area contributed by atoms with Crippen LogP contribution in [0.15, 0.2) is 12.1 Å². The van der Waals surface area contributed by atoms with Crippen LogP contribution < -0.4 is 9.47 Å². The number of hydrogen-bond acceptors (Lipinski definition) is 4. The first-order valence-corrected chi connectivity index (χ1v) is 6.08. The molecule has 19 heavy (non-hydrogen) atoms. The molecule has 6 heteroatoms. The van der Waals surface area contributed by atoms with Crippen molar-refractivity contribution in [1.82, 2.24) is 9.55 Å². The minimum Gasteiger partial charge on any atom is -0.480 e. The van der Waals surface area contributed by atoms with Gasteiger partial charge in [-0.2, -0.15) is 0 Å². The summed E-state index contributed by atoms with van der Waals surface area (Å²) in [7, 11) is 0. The molecule has 0 aliphatic carbocycles. The molecule has 1 aromatic carbocycles. The van der Waals surface area contributed by atoms with Gasteiger partial charge >= 0.3 is 5.97 Å². The Bertz CT molecular complexity index is 660. The SMILES string of the molecule is CC(C)c1nc2cc3c(cc2n1CC(=O)O)OCO3. The number of fused-ring (bicyclic) bond motifs is 2. The van der Waals surface area contributed by atoms with Gasteiger partial charge in [-0.15, -0.1) is 0 Å². The largest absolute Gasteiger partial charge is 0.480 e. The number of aliphatic carboxylic acids is 1. The molecule has 2 heterocycles. The third kappa shape index (κ3) is 1.89. The van der Waals surface area contributed by atoms with Gasteiger partial charge in [0.15, 0.2) is 11.5 Å². The molecule has 0 amide bonds. The lowest BCUT2D eigenvalue weighted by molar-refractivity contribution is -0.137. The van der Waals surface area contributed by atoms with Crippen LogP contribution in [0.4, 0.5) is 0 Å². The highest BCUT2D eigenvalue weighted by Crippen LogP contribution is 2.36. The molecule has 1 N–H and O–H groups in total. The van der Waals surface area contributed by atoms with Gasteiger partial charge < -0.3 is 19.1 Å². The van der Waals surface area contributed by atoms with E-state index in [-0.39, 0.29) is 19.3 Å². The Morgan fingerprint density at radius 3 is 2.74 bits per heavy atom. The van der Waals surface area contributed by atoms with Gasteiger partial charge in [-0.25, -0.2) is 4.98 Å². The summed E-state index contributed by atoms with van der Waals surface area (Å²) in [6, 6.07) is 3.58. The van der Waals surface area contributed by atoms with E-state index in [2.05, 4.69) is 4.98 Å². The number of benzene rings is 1. The van der Waals surface area contributed by atoms with Crippen LogP contribution in [0.5, 0.6) is 11.5 Å². The lowest BCUT2D eigenvalue weighted by atomic mass is 10.2. The summed E-state index contributed by atoms with van der Waals surface area (Å²) in [5.41, 5.74) is 1.49. The van der Waals surface area contributed by atoms with Crippen LogP contribution in [0.1, 0.15) is 25.6 Å². The Kier molecular flexibility index (Phi) is 2.58. The monoisotopic (exact) mass is 262 g/mol.